The second-order valence-corrected chi connectivity index (χ2v) is 5.77. The molecule has 0 unspecified atom stereocenters. The molecule has 0 saturated heterocycles. The number of benzene rings is 2. The first kappa shape index (κ1) is 15.8. The predicted octanol–water partition coefficient (Wildman–Crippen LogP) is 4.15. The van der Waals surface area contributed by atoms with Gasteiger partial charge in [0.2, 0.25) is 0 Å². The zero-order valence-electron chi connectivity index (χ0n) is 13.9. The van der Waals surface area contributed by atoms with Crippen LogP contribution in [0.2, 0.25) is 0 Å². The van der Waals surface area contributed by atoms with Crippen molar-refractivity contribution in [2.45, 2.75) is 0 Å². The number of hydrazone groups is 1. The van der Waals surface area contributed by atoms with Crippen molar-refractivity contribution < 1.29 is 4.79 Å². The van der Waals surface area contributed by atoms with Gasteiger partial charge in [0.1, 0.15) is 0 Å². The first-order valence-corrected chi connectivity index (χ1v) is 8.22. The molecule has 5 nitrogen and oxygen atoms in total. The smallest absolute Gasteiger partial charge is 0.271 e. The summed E-state index contributed by atoms with van der Waals surface area (Å²) in [5.74, 6) is -0.268. The lowest BCUT2D eigenvalue weighted by Crippen LogP contribution is -2.17. The van der Waals surface area contributed by atoms with Crippen molar-refractivity contribution in [1.29, 1.82) is 0 Å². The van der Waals surface area contributed by atoms with Gasteiger partial charge < -0.3 is 4.98 Å². The SMILES string of the molecule is O=C(N/N=C/C=C\c1c[nH]c2c1ccc1ccccc12)c1ccncc1. The molecule has 5 heteroatoms. The summed E-state index contributed by atoms with van der Waals surface area (Å²) in [5.41, 5.74) is 5.19. The Morgan fingerprint density at radius 2 is 1.88 bits per heavy atom. The molecule has 1 amide bonds. The Hall–Kier alpha value is -3.73. The van der Waals surface area contributed by atoms with E-state index >= 15 is 0 Å². The number of nitrogens with zero attached hydrogens (tertiary/aromatic N) is 2. The minimum absolute atomic E-state index is 0.268. The summed E-state index contributed by atoms with van der Waals surface area (Å²) in [6.45, 7) is 0. The van der Waals surface area contributed by atoms with Crippen LogP contribution in [0.3, 0.4) is 0 Å². The van der Waals surface area contributed by atoms with Gasteiger partial charge in [-0.1, -0.05) is 42.5 Å². The van der Waals surface area contributed by atoms with Crippen molar-refractivity contribution in [3.05, 3.63) is 84.3 Å². The highest BCUT2D eigenvalue weighted by molar-refractivity contribution is 6.08. The zero-order chi connectivity index (χ0) is 17.8. The third-order valence-corrected chi connectivity index (χ3v) is 4.16. The van der Waals surface area contributed by atoms with Crippen molar-refractivity contribution in [2.75, 3.05) is 0 Å². The van der Waals surface area contributed by atoms with Crippen molar-refractivity contribution in [3.8, 4) is 0 Å². The summed E-state index contributed by atoms with van der Waals surface area (Å²) in [6, 6.07) is 15.8. The van der Waals surface area contributed by atoms with E-state index in [0.717, 1.165) is 16.5 Å². The summed E-state index contributed by atoms with van der Waals surface area (Å²) in [6.07, 6.45) is 10.4. The predicted molar refractivity (Wildman–Crippen MR) is 105 cm³/mol. The Morgan fingerprint density at radius 1 is 1.04 bits per heavy atom. The average Bonchev–Trinajstić information content (AvgIpc) is 3.12. The zero-order valence-corrected chi connectivity index (χ0v) is 13.9. The number of aromatic nitrogens is 2. The van der Waals surface area contributed by atoms with Gasteiger partial charge in [-0.2, -0.15) is 5.10 Å². The minimum atomic E-state index is -0.268. The molecule has 0 aliphatic carbocycles. The first-order valence-electron chi connectivity index (χ1n) is 8.22. The minimum Gasteiger partial charge on any atom is -0.360 e. The van der Waals surface area contributed by atoms with Crippen molar-refractivity contribution in [3.63, 3.8) is 0 Å². The van der Waals surface area contributed by atoms with Crippen LogP contribution in [0.1, 0.15) is 15.9 Å². The number of rotatable bonds is 4. The number of aromatic amines is 1. The van der Waals surface area contributed by atoms with Gasteiger partial charge in [0.05, 0.1) is 5.52 Å². The molecule has 2 heterocycles. The van der Waals surface area contributed by atoms with Crippen LogP contribution in [0.5, 0.6) is 0 Å². The highest BCUT2D eigenvalue weighted by atomic mass is 16.2. The van der Waals surface area contributed by atoms with Crippen LogP contribution >= 0.6 is 0 Å². The molecule has 26 heavy (non-hydrogen) atoms. The van der Waals surface area contributed by atoms with E-state index in [1.54, 1.807) is 36.8 Å². The van der Waals surface area contributed by atoms with Gasteiger partial charge >= 0.3 is 0 Å². The number of hydrogen-bond donors (Lipinski definition) is 2. The largest absolute Gasteiger partial charge is 0.360 e. The highest BCUT2D eigenvalue weighted by Crippen LogP contribution is 2.27. The molecule has 0 atom stereocenters. The Kier molecular flexibility index (Phi) is 4.26. The third-order valence-electron chi connectivity index (χ3n) is 4.16. The number of pyridine rings is 1. The molecule has 126 valence electrons. The average molecular weight is 340 g/mol. The van der Waals surface area contributed by atoms with E-state index in [1.165, 1.54) is 10.8 Å². The highest BCUT2D eigenvalue weighted by Gasteiger charge is 2.04. The van der Waals surface area contributed by atoms with E-state index in [-0.39, 0.29) is 5.91 Å². The van der Waals surface area contributed by atoms with Gasteiger partial charge in [0.15, 0.2) is 0 Å². The Labute approximate surface area is 150 Å². The number of nitrogens with one attached hydrogen (secondary N) is 2. The number of carbonyl (C=O) groups excluding carboxylic acids is 1. The number of hydrogen-bond acceptors (Lipinski definition) is 3. The number of carbonyl (C=O) groups is 1. The Morgan fingerprint density at radius 3 is 2.77 bits per heavy atom. The van der Waals surface area contributed by atoms with Crippen molar-refractivity contribution >= 4 is 39.9 Å². The number of allylic oxidation sites excluding steroid dienone is 1. The number of fused-ring (bicyclic) bond motifs is 3. The maximum Gasteiger partial charge on any atom is 0.271 e. The lowest BCUT2D eigenvalue weighted by atomic mass is 10.1. The summed E-state index contributed by atoms with van der Waals surface area (Å²) >= 11 is 0. The van der Waals surface area contributed by atoms with E-state index in [1.807, 2.05) is 24.4 Å². The van der Waals surface area contributed by atoms with E-state index in [2.05, 4.69) is 44.8 Å². The fourth-order valence-electron chi connectivity index (χ4n) is 2.89. The number of amides is 1. The van der Waals surface area contributed by atoms with Crippen LogP contribution in [-0.4, -0.2) is 22.1 Å². The summed E-state index contributed by atoms with van der Waals surface area (Å²) in [4.78, 5) is 19.1. The van der Waals surface area contributed by atoms with Gasteiger partial charge in [0, 0.05) is 41.1 Å². The Balaban J connectivity index is 1.49. The fraction of sp³-hybridized carbons (Fsp3) is 0. The van der Waals surface area contributed by atoms with Gasteiger partial charge in [0.25, 0.3) is 5.91 Å². The summed E-state index contributed by atoms with van der Waals surface area (Å²) in [5, 5.41) is 7.49. The molecule has 0 spiro atoms. The van der Waals surface area contributed by atoms with E-state index < -0.39 is 0 Å². The molecule has 0 bridgehead atoms. The van der Waals surface area contributed by atoms with Crippen LogP contribution in [0.4, 0.5) is 0 Å². The van der Waals surface area contributed by atoms with Crippen LogP contribution in [0.25, 0.3) is 27.8 Å². The number of H-pyrrole nitrogens is 1. The molecule has 2 aromatic heterocycles. The van der Waals surface area contributed by atoms with Gasteiger partial charge in [-0.3, -0.25) is 9.78 Å². The van der Waals surface area contributed by atoms with Crippen LogP contribution in [0, 0.1) is 0 Å². The summed E-state index contributed by atoms with van der Waals surface area (Å²) in [7, 11) is 0. The normalized spacial score (nSPS) is 11.7. The van der Waals surface area contributed by atoms with Gasteiger partial charge in [-0.05, 0) is 29.2 Å². The van der Waals surface area contributed by atoms with Crippen molar-refractivity contribution in [2.24, 2.45) is 5.10 Å². The molecule has 0 radical (unpaired) electrons. The molecular weight excluding hydrogens is 324 g/mol. The van der Waals surface area contributed by atoms with Gasteiger partial charge in [-0.25, -0.2) is 5.43 Å². The third kappa shape index (κ3) is 3.10. The van der Waals surface area contributed by atoms with Crippen LogP contribution in [0.15, 0.2) is 78.3 Å². The maximum atomic E-state index is 11.9. The lowest BCUT2D eigenvalue weighted by molar-refractivity contribution is 0.0955. The molecule has 4 rings (SSSR count). The van der Waals surface area contributed by atoms with Crippen molar-refractivity contribution in [1.82, 2.24) is 15.4 Å². The van der Waals surface area contributed by atoms with E-state index in [4.69, 9.17) is 0 Å². The molecule has 4 aromatic rings. The molecule has 0 fully saturated rings. The second kappa shape index (κ2) is 7.03. The molecule has 0 aliphatic rings. The van der Waals surface area contributed by atoms with Gasteiger partial charge in [-0.15, -0.1) is 0 Å². The Bertz CT molecular complexity index is 1130. The monoisotopic (exact) mass is 340 g/mol. The van der Waals surface area contributed by atoms with Crippen LogP contribution < -0.4 is 5.43 Å². The molecule has 0 aliphatic heterocycles. The standard InChI is InChI=1S/C21H16N4O/c26-21(16-9-12-22-13-10-16)25-24-11-3-5-17-14-23-20-18-6-2-1-4-15(18)7-8-19(17)20/h1-14,23H,(H,25,26)/b5-3-,24-11+. The quantitative estimate of drug-likeness (QED) is 0.433. The summed E-state index contributed by atoms with van der Waals surface area (Å²) < 4.78 is 0. The molecule has 2 N–H and O–H groups in total. The molecular formula is C21H16N4O. The molecule has 0 saturated carbocycles. The van der Waals surface area contributed by atoms with E-state index in [9.17, 15) is 4.79 Å². The molecule has 2 aromatic carbocycles. The fourth-order valence-corrected chi connectivity index (χ4v) is 2.89. The topological polar surface area (TPSA) is 70.1 Å². The second-order valence-electron chi connectivity index (χ2n) is 5.77. The lowest BCUT2D eigenvalue weighted by Gasteiger charge is -1.99. The van der Waals surface area contributed by atoms with Crippen LogP contribution in [-0.2, 0) is 0 Å². The first-order chi connectivity index (χ1) is 12.8. The van der Waals surface area contributed by atoms with E-state index in [0.29, 0.717) is 5.56 Å². The maximum absolute atomic E-state index is 11.9.